The summed E-state index contributed by atoms with van der Waals surface area (Å²) < 4.78 is 5.23. The maximum Gasteiger partial charge on any atom is 0.407 e. The molecule has 0 heterocycles. The molecule has 2 aromatic rings. The Hall–Kier alpha value is -2.29. The Morgan fingerprint density at radius 3 is 2.14 bits per heavy atom. The maximum atomic E-state index is 11.8. The van der Waals surface area contributed by atoms with Crippen LogP contribution in [0.5, 0.6) is 0 Å². The lowest BCUT2D eigenvalue weighted by molar-refractivity contribution is 0.136. The molecule has 0 bridgehead atoms. The van der Waals surface area contributed by atoms with Crippen LogP contribution in [-0.4, -0.2) is 6.09 Å². The van der Waals surface area contributed by atoms with Crippen LogP contribution >= 0.6 is 0 Å². The molecule has 0 saturated carbocycles. The Morgan fingerprint density at radius 1 is 0.955 bits per heavy atom. The fraction of sp³-hybridized carbons (Fsp3) is 0.316. The van der Waals surface area contributed by atoms with E-state index in [2.05, 4.69) is 43.4 Å². The van der Waals surface area contributed by atoms with Crippen molar-refractivity contribution in [1.82, 2.24) is 5.32 Å². The Balaban J connectivity index is 1.85. The van der Waals surface area contributed by atoms with Crippen molar-refractivity contribution in [1.29, 1.82) is 0 Å². The van der Waals surface area contributed by atoms with Gasteiger partial charge in [-0.15, -0.1) is 0 Å². The molecule has 22 heavy (non-hydrogen) atoms. The molecule has 0 radical (unpaired) electrons. The lowest BCUT2D eigenvalue weighted by Gasteiger charge is -2.15. The number of carbonyl (C=O) groups excluding carboxylic acids is 1. The van der Waals surface area contributed by atoms with Crippen molar-refractivity contribution in [2.75, 3.05) is 0 Å². The highest BCUT2D eigenvalue weighted by molar-refractivity contribution is 5.67. The summed E-state index contributed by atoms with van der Waals surface area (Å²) in [6.45, 7) is 6.56. The molecule has 0 spiro atoms. The van der Waals surface area contributed by atoms with Crippen molar-refractivity contribution < 1.29 is 9.53 Å². The third-order valence-electron chi connectivity index (χ3n) is 3.65. The van der Waals surface area contributed by atoms with Gasteiger partial charge in [-0.3, -0.25) is 0 Å². The van der Waals surface area contributed by atoms with Gasteiger partial charge in [-0.25, -0.2) is 4.79 Å². The molecule has 3 nitrogen and oxygen atoms in total. The second kappa shape index (κ2) is 7.64. The van der Waals surface area contributed by atoms with E-state index >= 15 is 0 Å². The first-order valence-electron chi connectivity index (χ1n) is 7.63. The summed E-state index contributed by atoms with van der Waals surface area (Å²) in [4.78, 5) is 11.8. The summed E-state index contributed by atoms with van der Waals surface area (Å²) in [5, 5.41) is 2.85. The van der Waals surface area contributed by atoms with E-state index in [-0.39, 0.29) is 12.6 Å². The molecule has 1 atom stereocenters. The van der Waals surface area contributed by atoms with Crippen LogP contribution in [-0.2, 0) is 11.3 Å². The van der Waals surface area contributed by atoms with Crippen molar-refractivity contribution in [3.05, 3.63) is 71.3 Å². The largest absolute Gasteiger partial charge is 0.445 e. The average Bonchev–Trinajstić information content (AvgIpc) is 2.54. The van der Waals surface area contributed by atoms with Gasteiger partial charge in [0, 0.05) is 0 Å². The molecular weight excluding hydrogens is 274 g/mol. The zero-order chi connectivity index (χ0) is 15.9. The standard InChI is InChI=1S/C19H23NO2/c1-14(2)17-9-11-18(12-10-17)15(3)20-19(21)22-13-16-7-5-4-6-8-16/h4-12,14-15H,13H2,1-3H3,(H,20,21)/t15-/m0/s1. The molecule has 0 saturated heterocycles. The van der Waals surface area contributed by atoms with Gasteiger partial charge in [0.2, 0.25) is 0 Å². The molecule has 0 aromatic heterocycles. The summed E-state index contributed by atoms with van der Waals surface area (Å²) in [5.74, 6) is 0.508. The average molecular weight is 297 g/mol. The van der Waals surface area contributed by atoms with E-state index in [4.69, 9.17) is 4.74 Å². The van der Waals surface area contributed by atoms with E-state index in [1.54, 1.807) is 0 Å². The first-order chi connectivity index (χ1) is 10.6. The van der Waals surface area contributed by atoms with E-state index < -0.39 is 6.09 Å². The van der Waals surface area contributed by atoms with Gasteiger partial charge in [-0.2, -0.15) is 0 Å². The molecule has 0 fully saturated rings. The quantitative estimate of drug-likeness (QED) is 0.861. The molecule has 3 heteroatoms. The van der Waals surface area contributed by atoms with Crippen molar-refractivity contribution in [2.24, 2.45) is 0 Å². The zero-order valence-corrected chi connectivity index (χ0v) is 13.4. The molecule has 116 valence electrons. The molecule has 0 aliphatic carbocycles. The van der Waals surface area contributed by atoms with E-state index in [1.807, 2.05) is 37.3 Å². The molecule has 2 aromatic carbocycles. The lowest BCUT2D eigenvalue weighted by atomic mass is 10.00. The van der Waals surface area contributed by atoms with E-state index in [0.717, 1.165) is 11.1 Å². The van der Waals surface area contributed by atoms with Gasteiger partial charge >= 0.3 is 6.09 Å². The van der Waals surface area contributed by atoms with Gasteiger partial charge in [0.25, 0.3) is 0 Å². The number of hydrogen-bond acceptors (Lipinski definition) is 2. The minimum absolute atomic E-state index is 0.0792. The number of alkyl carbamates (subject to hydrolysis) is 1. The molecule has 0 unspecified atom stereocenters. The van der Waals surface area contributed by atoms with Crippen molar-refractivity contribution in [2.45, 2.75) is 39.3 Å². The summed E-state index contributed by atoms with van der Waals surface area (Å²) in [6, 6.07) is 17.9. The van der Waals surface area contributed by atoms with Crippen LogP contribution in [0.2, 0.25) is 0 Å². The highest BCUT2D eigenvalue weighted by Crippen LogP contribution is 2.18. The summed E-state index contributed by atoms with van der Waals surface area (Å²) >= 11 is 0. The predicted molar refractivity (Wildman–Crippen MR) is 88.7 cm³/mol. The highest BCUT2D eigenvalue weighted by Gasteiger charge is 2.11. The predicted octanol–water partition coefficient (Wildman–Crippen LogP) is 4.80. The maximum absolute atomic E-state index is 11.8. The second-order valence-electron chi connectivity index (χ2n) is 5.75. The molecule has 2 rings (SSSR count). The van der Waals surface area contributed by atoms with Crippen LogP contribution in [0.25, 0.3) is 0 Å². The smallest absolute Gasteiger partial charge is 0.407 e. The van der Waals surface area contributed by atoms with Crippen LogP contribution in [0.1, 0.15) is 49.4 Å². The van der Waals surface area contributed by atoms with Crippen LogP contribution in [0.3, 0.4) is 0 Å². The number of hydrogen-bond donors (Lipinski definition) is 1. The SMILES string of the molecule is CC(C)c1ccc([C@H](C)NC(=O)OCc2ccccc2)cc1. The van der Waals surface area contributed by atoms with Crippen molar-refractivity contribution in [3.8, 4) is 0 Å². The number of ether oxygens (including phenoxy) is 1. The van der Waals surface area contributed by atoms with Gasteiger partial charge in [-0.05, 0) is 29.5 Å². The first-order valence-corrected chi connectivity index (χ1v) is 7.63. The Morgan fingerprint density at radius 2 is 1.55 bits per heavy atom. The van der Waals surface area contributed by atoms with Gasteiger partial charge in [0.05, 0.1) is 6.04 Å². The van der Waals surface area contributed by atoms with E-state index in [0.29, 0.717) is 5.92 Å². The fourth-order valence-electron chi connectivity index (χ4n) is 2.19. The highest BCUT2D eigenvalue weighted by atomic mass is 16.5. The van der Waals surface area contributed by atoms with Crippen LogP contribution in [0.4, 0.5) is 4.79 Å². The van der Waals surface area contributed by atoms with Crippen LogP contribution in [0.15, 0.2) is 54.6 Å². The number of amides is 1. The third kappa shape index (κ3) is 4.62. The Kier molecular flexibility index (Phi) is 5.59. The normalized spacial score (nSPS) is 12.0. The van der Waals surface area contributed by atoms with Gasteiger partial charge in [0.1, 0.15) is 6.61 Å². The minimum atomic E-state index is -0.399. The zero-order valence-electron chi connectivity index (χ0n) is 13.4. The number of rotatable bonds is 5. The summed E-state index contributed by atoms with van der Waals surface area (Å²) in [7, 11) is 0. The summed E-state index contributed by atoms with van der Waals surface area (Å²) in [6.07, 6.45) is -0.399. The lowest BCUT2D eigenvalue weighted by Crippen LogP contribution is -2.27. The fourth-order valence-corrected chi connectivity index (χ4v) is 2.19. The first kappa shape index (κ1) is 16.1. The topological polar surface area (TPSA) is 38.3 Å². The third-order valence-corrected chi connectivity index (χ3v) is 3.65. The number of nitrogens with one attached hydrogen (secondary N) is 1. The van der Waals surface area contributed by atoms with E-state index in [9.17, 15) is 4.79 Å². The van der Waals surface area contributed by atoms with Crippen molar-refractivity contribution in [3.63, 3.8) is 0 Å². The van der Waals surface area contributed by atoms with Crippen LogP contribution in [0, 0.1) is 0 Å². The molecule has 1 amide bonds. The van der Waals surface area contributed by atoms with Gasteiger partial charge in [-0.1, -0.05) is 68.4 Å². The Bertz CT molecular complexity index is 591. The Labute approximate surface area is 132 Å². The number of carbonyl (C=O) groups is 1. The second-order valence-corrected chi connectivity index (χ2v) is 5.75. The molecular formula is C19H23NO2. The summed E-state index contributed by atoms with van der Waals surface area (Å²) in [5.41, 5.74) is 3.34. The van der Waals surface area contributed by atoms with Gasteiger partial charge in [0.15, 0.2) is 0 Å². The number of benzene rings is 2. The van der Waals surface area contributed by atoms with Crippen molar-refractivity contribution >= 4 is 6.09 Å². The molecule has 0 aliphatic rings. The van der Waals surface area contributed by atoms with Gasteiger partial charge < -0.3 is 10.1 Å². The van der Waals surface area contributed by atoms with Crippen LogP contribution < -0.4 is 5.32 Å². The minimum Gasteiger partial charge on any atom is -0.445 e. The van der Waals surface area contributed by atoms with E-state index in [1.165, 1.54) is 5.56 Å². The molecule has 1 N–H and O–H groups in total. The monoisotopic (exact) mass is 297 g/mol. The molecule has 0 aliphatic heterocycles.